The molecule has 0 aliphatic rings. The summed E-state index contributed by atoms with van der Waals surface area (Å²) in [4.78, 5) is 26.4. The lowest BCUT2D eigenvalue weighted by molar-refractivity contribution is -0.384. The lowest BCUT2D eigenvalue weighted by Gasteiger charge is -2.09. The number of nitrogens with zero attached hydrogens (tertiary/aromatic N) is 3. The first kappa shape index (κ1) is 18.4. The molecule has 8 nitrogen and oxygen atoms in total. The predicted molar refractivity (Wildman–Crippen MR) is 102 cm³/mol. The molecule has 0 spiro atoms. The van der Waals surface area contributed by atoms with Gasteiger partial charge in [0.05, 0.1) is 11.3 Å². The van der Waals surface area contributed by atoms with Crippen LogP contribution in [-0.2, 0) is 13.1 Å². The minimum absolute atomic E-state index is 0.0145. The molecule has 3 rings (SSSR count). The molecule has 0 aliphatic heterocycles. The van der Waals surface area contributed by atoms with Gasteiger partial charge in [-0.1, -0.05) is 35.9 Å². The van der Waals surface area contributed by atoms with Crippen molar-refractivity contribution >= 4 is 29.0 Å². The predicted octanol–water partition coefficient (Wildman–Crippen LogP) is 3.81. The van der Waals surface area contributed by atoms with Crippen molar-refractivity contribution in [1.82, 2.24) is 14.9 Å². The summed E-state index contributed by atoms with van der Waals surface area (Å²) in [5.74, 6) is 0. The van der Waals surface area contributed by atoms with Crippen LogP contribution in [0.15, 0.2) is 61.2 Å². The molecule has 2 N–H and O–H groups in total. The Morgan fingerprint density at radius 3 is 2.78 bits per heavy atom. The average Bonchev–Trinajstić information content (AvgIpc) is 3.15. The van der Waals surface area contributed by atoms with Crippen LogP contribution in [-0.4, -0.2) is 20.5 Å². The summed E-state index contributed by atoms with van der Waals surface area (Å²) >= 11 is 5.76. The second-order valence-electron chi connectivity index (χ2n) is 5.79. The minimum Gasteiger partial charge on any atom is -0.334 e. The maximum Gasteiger partial charge on any atom is 0.319 e. The van der Waals surface area contributed by atoms with E-state index in [1.54, 1.807) is 12.5 Å². The Bertz CT molecular complexity index is 959. The first-order valence-electron chi connectivity index (χ1n) is 8.03. The van der Waals surface area contributed by atoms with Crippen LogP contribution in [0.4, 0.5) is 16.2 Å². The van der Waals surface area contributed by atoms with Crippen molar-refractivity contribution in [3.05, 3.63) is 87.4 Å². The van der Waals surface area contributed by atoms with E-state index in [0.717, 1.165) is 11.1 Å². The molecule has 2 amide bonds. The van der Waals surface area contributed by atoms with Crippen LogP contribution in [0.5, 0.6) is 0 Å². The SMILES string of the molecule is O=C(NCc1cccc(Cn2ccnc2)c1)Nc1ccc(Cl)c([N+](=O)[O-])c1. The van der Waals surface area contributed by atoms with Crippen LogP contribution >= 0.6 is 11.6 Å². The number of hydrogen-bond acceptors (Lipinski definition) is 4. The smallest absolute Gasteiger partial charge is 0.319 e. The summed E-state index contributed by atoms with van der Waals surface area (Å²) in [7, 11) is 0. The number of hydrogen-bond donors (Lipinski definition) is 2. The third-order valence-electron chi connectivity index (χ3n) is 3.77. The van der Waals surface area contributed by atoms with Crippen LogP contribution in [0.25, 0.3) is 0 Å². The van der Waals surface area contributed by atoms with Crippen LogP contribution in [0, 0.1) is 10.1 Å². The number of nitrogens with one attached hydrogen (secondary N) is 2. The zero-order chi connectivity index (χ0) is 19.2. The number of rotatable bonds is 6. The van der Waals surface area contributed by atoms with Gasteiger partial charge in [0.25, 0.3) is 5.69 Å². The largest absolute Gasteiger partial charge is 0.334 e. The number of halogens is 1. The molecule has 138 valence electrons. The van der Waals surface area contributed by atoms with E-state index in [-0.39, 0.29) is 16.4 Å². The Morgan fingerprint density at radius 2 is 2.04 bits per heavy atom. The lowest BCUT2D eigenvalue weighted by atomic mass is 10.1. The fraction of sp³-hybridized carbons (Fsp3) is 0.111. The van der Waals surface area contributed by atoms with E-state index in [9.17, 15) is 14.9 Å². The monoisotopic (exact) mass is 385 g/mol. The Labute approximate surface area is 159 Å². The van der Waals surface area contributed by atoms with E-state index in [1.807, 2.05) is 35.0 Å². The van der Waals surface area contributed by atoms with Gasteiger partial charge in [0, 0.05) is 37.2 Å². The number of anilines is 1. The molecule has 0 unspecified atom stereocenters. The molecule has 0 saturated carbocycles. The summed E-state index contributed by atoms with van der Waals surface area (Å²) in [6, 6.07) is 11.4. The highest BCUT2D eigenvalue weighted by atomic mass is 35.5. The zero-order valence-corrected chi connectivity index (χ0v) is 14.9. The van der Waals surface area contributed by atoms with E-state index in [1.165, 1.54) is 18.2 Å². The molecule has 1 aromatic heterocycles. The van der Waals surface area contributed by atoms with Crippen molar-refractivity contribution in [2.75, 3.05) is 5.32 Å². The number of benzene rings is 2. The van der Waals surface area contributed by atoms with Gasteiger partial charge in [-0.3, -0.25) is 10.1 Å². The van der Waals surface area contributed by atoms with Crippen molar-refractivity contribution in [1.29, 1.82) is 0 Å². The van der Waals surface area contributed by atoms with Crippen LogP contribution in [0.1, 0.15) is 11.1 Å². The third-order valence-corrected chi connectivity index (χ3v) is 4.09. The standard InChI is InChI=1S/C18H16ClN5O3/c19-16-5-4-15(9-17(16)24(26)27)22-18(25)21-10-13-2-1-3-14(8-13)11-23-7-6-20-12-23/h1-9,12H,10-11H2,(H2,21,22,25). The Hall–Kier alpha value is -3.39. The molecule has 27 heavy (non-hydrogen) atoms. The van der Waals surface area contributed by atoms with E-state index in [0.29, 0.717) is 13.1 Å². The molecular weight excluding hydrogens is 370 g/mol. The first-order valence-corrected chi connectivity index (χ1v) is 8.41. The Balaban J connectivity index is 1.58. The summed E-state index contributed by atoms with van der Waals surface area (Å²) < 4.78 is 1.95. The maximum absolute atomic E-state index is 12.1. The fourth-order valence-electron chi connectivity index (χ4n) is 2.52. The molecule has 9 heteroatoms. The molecule has 0 radical (unpaired) electrons. The minimum atomic E-state index is -0.600. The van der Waals surface area contributed by atoms with Gasteiger partial charge in [-0.25, -0.2) is 9.78 Å². The first-order chi connectivity index (χ1) is 13.0. The second kappa shape index (κ2) is 8.33. The van der Waals surface area contributed by atoms with Gasteiger partial charge < -0.3 is 15.2 Å². The number of carbonyl (C=O) groups excluding carboxylic acids is 1. The molecule has 2 aromatic carbocycles. The summed E-state index contributed by atoms with van der Waals surface area (Å²) in [6.45, 7) is 1.01. The van der Waals surface area contributed by atoms with Gasteiger partial charge in [-0.15, -0.1) is 0 Å². The molecule has 0 saturated heterocycles. The van der Waals surface area contributed by atoms with E-state index >= 15 is 0 Å². The number of aromatic nitrogens is 2. The summed E-state index contributed by atoms with van der Waals surface area (Å²) in [5, 5.41) is 16.2. The highest BCUT2D eigenvalue weighted by Gasteiger charge is 2.13. The number of nitro benzene ring substituents is 1. The average molecular weight is 386 g/mol. The molecule has 1 heterocycles. The molecule has 0 atom stereocenters. The van der Waals surface area contributed by atoms with Crippen molar-refractivity contribution in [3.8, 4) is 0 Å². The number of nitro groups is 1. The molecule has 0 fully saturated rings. The van der Waals surface area contributed by atoms with E-state index in [4.69, 9.17) is 11.6 Å². The van der Waals surface area contributed by atoms with Gasteiger partial charge >= 0.3 is 6.03 Å². The number of urea groups is 1. The molecular formula is C18H16ClN5O3. The topological polar surface area (TPSA) is 102 Å². The van der Waals surface area contributed by atoms with E-state index < -0.39 is 11.0 Å². The summed E-state index contributed by atoms with van der Waals surface area (Å²) in [5.41, 5.74) is 2.05. The van der Waals surface area contributed by atoms with Crippen molar-refractivity contribution in [3.63, 3.8) is 0 Å². The van der Waals surface area contributed by atoms with Gasteiger partial charge in [0.2, 0.25) is 0 Å². The Morgan fingerprint density at radius 1 is 1.22 bits per heavy atom. The number of amides is 2. The van der Waals surface area contributed by atoms with Crippen molar-refractivity contribution in [2.45, 2.75) is 13.1 Å². The van der Waals surface area contributed by atoms with Gasteiger partial charge in [-0.05, 0) is 23.3 Å². The highest BCUT2D eigenvalue weighted by molar-refractivity contribution is 6.32. The highest BCUT2D eigenvalue weighted by Crippen LogP contribution is 2.27. The van der Waals surface area contributed by atoms with E-state index in [2.05, 4.69) is 15.6 Å². The summed E-state index contributed by atoms with van der Waals surface area (Å²) in [6.07, 6.45) is 5.34. The molecule has 0 aliphatic carbocycles. The van der Waals surface area contributed by atoms with Gasteiger partial charge in [0.15, 0.2) is 0 Å². The Kier molecular flexibility index (Phi) is 5.68. The fourth-order valence-corrected chi connectivity index (χ4v) is 2.70. The van der Waals surface area contributed by atoms with Crippen LogP contribution < -0.4 is 10.6 Å². The van der Waals surface area contributed by atoms with Crippen LogP contribution in [0.3, 0.4) is 0 Å². The molecule has 0 bridgehead atoms. The van der Waals surface area contributed by atoms with Crippen LogP contribution in [0.2, 0.25) is 5.02 Å². The third kappa shape index (κ3) is 5.05. The van der Waals surface area contributed by atoms with Gasteiger partial charge in [-0.2, -0.15) is 0 Å². The van der Waals surface area contributed by atoms with Crippen molar-refractivity contribution in [2.24, 2.45) is 0 Å². The maximum atomic E-state index is 12.1. The molecule has 3 aromatic rings. The van der Waals surface area contributed by atoms with Gasteiger partial charge in [0.1, 0.15) is 5.02 Å². The second-order valence-corrected chi connectivity index (χ2v) is 6.19. The lowest BCUT2D eigenvalue weighted by Crippen LogP contribution is -2.28. The van der Waals surface area contributed by atoms with Crippen molar-refractivity contribution < 1.29 is 9.72 Å². The zero-order valence-electron chi connectivity index (χ0n) is 14.1. The number of carbonyl (C=O) groups is 1. The normalized spacial score (nSPS) is 10.4. The quantitative estimate of drug-likeness (QED) is 0.497. The number of imidazole rings is 1.